The van der Waals surface area contributed by atoms with E-state index in [0.29, 0.717) is 17.9 Å². The first kappa shape index (κ1) is 16.1. The van der Waals surface area contributed by atoms with Crippen molar-refractivity contribution in [3.63, 3.8) is 0 Å². The zero-order chi connectivity index (χ0) is 14.3. The Labute approximate surface area is 115 Å². The van der Waals surface area contributed by atoms with Crippen molar-refractivity contribution in [3.05, 3.63) is 29.8 Å². The number of sulfone groups is 1. The van der Waals surface area contributed by atoms with Gasteiger partial charge in [0.1, 0.15) is 0 Å². The molecular weight excluding hydrogens is 262 g/mol. The second-order valence-electron chi connectivity index (χ2n) is 4.79. The van der Waals surface area contributed by atoms with E-state index in [1.54, 1.807) is 12.1 Å². The summed E-state index contributed by atoms with van der Waals surface area (Å²) in [5.41, 5.74) is 6.59. The number of nitrogens with two attached hydrogens (primary N) is 1. The number of hydrogen-bond acceptors (Lipinski definition) is 4. The van der Waals surface area contributed by atoms with Crippen LogP contribution in [0.5, 0.6) is 0 Å². The van der Waals surface area contributed by atoms with Gasteiger partial charge in [-0.15, -0.1) is 0 Å². The quantitative estimate of drug-likeness (QED) is 0.756. The zero-order valence-corrected chi connectivity index (χ0v) is 12.2. The van der Waals surface area contributed by atoms with Crippen LogP contribution in [-0.4, -0.2) is 32.4 Å². The number of hydrogen-bond donors (Lipinski definition) is 2. The molecule has 1 rings (SSSR count). The molecule has 1 aromatic rings. The van der Waals surface area contributed by atoms with Crippen molar-refractivity contribution in [2.45, 2.75) is 31.1 Å². The van der Waals surface area contributed by atoms with Crippen molar-refractivity contribution in [1.29, 1.82) is 0 Å². The predicted octanol–water partition coefficient (Wildman–Crippen LogP) is 1.37. The summed E-state index contributed by atoms with van der Waals surface area (Å²) in [5.74, 6) is 0.301. The highest BCUT2D eigenvalue weighted by atomic mass is 32.2. The molecule has 0 radical (unpaired) electrons. The summed E-state index contributed by atoms with van der Waals surface area (Å²) in [6, 6.07) is 7.01. The number of rotatable bonds is 8. The average Bonchev–Trinajstić information content (AvgIpc) is 2.40. The van der Waals surface area contributed by atoms with Crippen LogP contribution in [0.3, 0.4) is 0 Å². The van der Waals surface area contributed by atoms with Crippen LogP contribution in [0.2, 0.25) is 0 Å². The molecule has 0 amide bonds. The SMILES string of the molecule is CCCS(=O)(=O)c1ccc(CCC(CN)CO)cc1. The monoisotopic (exact) mass is 285 g/mol. The van der Waals surface area contributed by atoms with Crippen LogP contribution >= 0.6 is 0 Å². The van der Waals surface area contributed by atoms with Crippen LogP contribution < -0.4 is 5.73 Å². The molecule has 108 valence electrons. The first-order chi connectivity index (χ1) is 9.03. The van der Waals surface area contributed by atoms with Crippen LogP contribution in [0.15, 0.2) is 29.2 Å². The highest BCUT2D eigenvalue weighted by molar-refractivity contribution is 7.91. The van der Waals surface area contributed by atoms with E-state index < -0.39 is 9.84 Å². The molecule has 0 aliphatic carbocycles. The number of aliphatic hydroxyl groups is 1. The standard InChI is InChI=1S/C14H23NO3S/c1-2-9-19(17,18)14-7-5-12(6-8-14)3-4-13(10-15)11-16/h5-8,13,16H,2-4,9-11,15H2,1H3. The summed E-state index contributed by atoms with van der Waals surface area (Å²) in [6.45, 7) is 2.42. The summed E-state index contributed by atoms with van der Waals surface area (Å²) < 4.78 is 23.7. The van der Waals surface area contributed by atoms with E-state index in [1.807, 2.05) is 19.1 Å². The second kappa shape index (κ2) is 7.62. The molecule has 1 atom stereocenters. The number of aliphatic hydroxyl groups excluding tert-OH is 1. The van der Waals surface area contributed by atoms with Gasteiger partial charge >= 0.3 is 0 Å². The topological polar surface area (TPSA) is 80.4 Å². The van der Waals surface area contributed by atoms with Gasteiger partial charge in [-0.1, -0.05) is 19.1 Å². The average molecular weight is 285 g/mol. The van der Waals surface area contributed by atoms with Crippen molar-refractivity contribution >= 4 is 9.84 Å². The van der Waals surface area contributed by atoms with E-state index in [1.165, 1.54) is 0 Å². The third-order valence-electron chi connectivity index (χ3n) is 3.19. The third kappa shape index (κ3) is 4.93. The van der Waals surface area contributed by atoms with Gasteiger partial charge in [-0.3, -0.25) is 0 Å². The molecule has 3 N–H and O–H groups in total. The van der Waals surface area contributed by atoms with Crippen molar-refractivity contribution in [3.8, 4) is 0 Å². The van der Waals surface area contributed by atoms with E-state index in [2.05, 4.69) is 0 Å². The van der Waals surface area contributed by atoms with E-state index in [-0.39, 0.29) is 18.3 Å². The Kier molecular flexibility index (Phi) is 6.48. The molecule has 0 aromatic heterocycles. The smallest absolute Gasteiger partial charge is 0.178 e. The molecule has 0 fully saturated rings. The van der Waals surface area contributed by atoms with E-state index in [0.717, 1.165) is 18.4 Å². The molecule has 5 heteroatoms. The summed E-state index contributed by atoms with van der Waals surface area (Å²) in [5, 5.41) is 9.05. The first-order valence-electron chi connectivity index (χ1n) is 6.66. The Balaban J connectivity index is 2.67. The van der Waals surface area contributed by atoms with Crippen LogP contribution in [0, 0.1) is 5.92 Å². The molecule has 0 spiro atoms. The number of benzene rings is 1. The summed E-state index contributed by atoms with van der Waals surface area (Å²) in [7, 11) is -3.13. The Morgan fingerprint density at radius 2 is 1.89 bits per heavy atom. The van der Waals surface area contributed by atoms with Crippen LogP contribution in [0.4, 0.5) is 0 Å². The van der Waals surface area contributed by atoms with Crippen molar-refractivity contribution in [2.24, 2.45) is 11.7 Å². The highest BCUT2D eigenvalue weighted by Crippen LogP contribution is 2.15. The first-order valence-corrected chi connectivity index (χ1v) is 8.31. The molecule has 0 saturated heterocycles. The van der Waals surface area contributed by atoms with Gasteiger partial charge in [0.15, 0.2) is 9.84 Å². The Morgan fingerprint density at radius 3 is 2.37 bits per heavy atom. The Hall–Kier alpha value is -0.910. The van der Waals surface area contributed by atoms with Crippen LogP contribution in [-0.2, 0) is 16.3 Å². The predicted molar refractivity (Wildman–Crippen MR) is 76.7 cm³/mol. The minimum atomic E-state index is -3.13. The van der Waals surface area contributed by atoms with Crippen LogP contribution in [0.1, 0.15) is 25.3 Å². The molecule has 19 heavy (non-hydrogen) atoms. The van der Waals surface area contributed by atoms with Gasteiger partial charge in [-0.05, 0) is 49.4 Å². The lowest BCUT2D eigenvalue weighted by Crippen LogP contribution is -2.18. The molecule has 0 bridgehead atoms. The fourth-order valence-electron chi connectivity index (χ4n) is 1.90. The van der Waals surface area contributed by atoms with Gasteiger partial charge in [-0.25, -0.2) is 8.42 Å². The summed E-state index contributed by atoms with van der Waals surface area (Å²) >= 11 is 0. The van der Waals surface area contributed by atoms with Gasteiger partial charge in [0.2, 0.25) is 0 Å². The zero-order valence-electron chi connectivity index (χ0n) is 11.4. The molecule has 0 saturated carbocycles. The lowest BCUT2D eigenvalue weighted by atomic mass is 10.0. The maximum atomic E-state index is 11.9. The van der Waals surface area contributed by atoms with Gasteiger partial charge in [0, 0.05) is 6.61 Å². The Bertz CT molecular complexity index is 464. The van der Waals surface area contributed by atoms with Crippen molar-refractivity contribution in [2.75, 3.05) is 18.9 Å². The summed E-state index contributed by atoms with van der Waals surface area (Å²) in [6.07, 6.45) is 2.24. The largest absolute Gasteiger partial charge is 0.396 e. The second-order valence-corrected chi connectivity index (χ2v) is 6.89. The van der Waals surface area contributed by atoms with Crippen LogP contribution in [0.25, 0.3) is 0 Å². The molecule has 0 aliphatic heterocycles. The van der Waals surface area contributed by atoms with Gasteiger partial charge < -0.3 is 10.8 Å². The maximum Gasteiger partial charge on any atom is 0.178 e. The molecule has 1 unspecified atom stereocenters. The lowest BCUT2D eigenvalue weighted by Gasteiger charge is -2.11. The number of aryl methyl sites for hydroxylation is 1. The fourth-order valence-corrected chi connectivity index (χ4v) is 3.23. The molecule has 4 nitrogen and oxygen atoms in total. The Morgan fingerprint density at radius 1 is 1.26 bits per heavy atom. The van der Waals surface area contributed by atoms with Gasteiger partial charge in [0.25, 0.3) is 0 Å². The van der Waals surface area contributed by atoms with Crippen molar-refractivity contribution in [1.82, 2.24) is 0 Å². The minimum Gasteiger partial charge on any atom is -0.396 e. The normalized spacial score (nSPS) is 13.4. The maximum absolute atomic E-state index is 11.9. The minimum absolute atomic E-state index is 0.0967. The van der Waals surface area contributed by atoms with Gasteiger partial charge in [-0.2, -0.15) is 0 Å². The van der Waals surface area contributed by atoms with E-state index >= 15 is 0 Å². The van der Waals surface area contributed by atoms with E-state index in [4.69, 9.17) is 10.8 Å². The molecule has 1 aromatic carbocycles. The lowest BCUT2D eigenvalue weighted by molar-refractivity contribution is 0.223. The summed E-state index contributed by atoms with van der Waals surface area (Å²) in [4.78, 5) is 0.385. The third-order valence-corrected chi connectivity index (χ3v) is 5.12. The molecule has 0 aliphatic rings. The molecule has 0 heterocycles. The van der Waals surface area contributed by atoms with Crippen molar-refractivity contribution < 1.29 is 13.5 Å². The fraction of sp³-hybridized carbons (Fsp3) is 0.571. The molecular formula is C14H23NO3S. The van der Waals surface area contributed by atoms with Gasteiger partial charge in [0.05, 0.1) is 10.6 Å². The van der Waals surface area contributed by atoms with E-state index in [9.17, 15) is 8.42 Å². The highest BCUT2D eigenvalue weighted by Gasteiger charge is 2.12.